The first-order valence-corrected chi connectivity index (χ1v) is 10.9. The van der Waals surface area contributed by atoms with Gasteiger partial charge in [0, 0.05) is 23.7 Å². The molecule has 0 bridgehead atoms. The highest BCUT2D eigenvalue weighted by Gasteiger charge is 2.21. The molecule has 6 nitrogen and oxygen atoms in total. The Hall–Kier alpha value is -1.54. The summed E-state index contributed by atoms with van der Waals surface area (Å²) in [5.41, 5.74) is 1.13. The smallest absolute Gasteiger partial charge is 0.409 e. The molecule has 0 spiro atoms. The van der Waals surface area contributed by atoms with E-state index in [9.17, 15) is 9.59 Å². The standard InChI is InChI=1S/C18H25N3O3S2/c1-4-5-8-21-16(22)14-12(2)13(3)26-15(14)19-17(21)25-11-6-7-20-9-10-24-18(20)23/h4-11H2,1-3H3. The Bertz CT molecular complexity index is 859. The van der Waals surface area contributed by atoms with Gasteiger partial charge < -0.3 is 9.64 Å². The minimum atomic E-state index is -0.223. The van der Waals surface area contributed by atoms with Gasteiger partial charge in [-0.1, -0.05) is 25.1 Å². The zero-order chi connectivity index (χ0) is 18.7. The van der Waals surface area contributed by atoms with E-state index in [0.717, 1.165) is 50.8 Å². The summed E-state index contributed by atoms with van der Waals surface area (Å²) in [4.78, 5) is 33.0. The maximum absolute atomic E-state index is 13.0. The number of rotatable bonds is 8. The maximum atomic E-state index is 13.0. The fraction of sp³-hybridized carbons (Fsp3) is 0.611. The Labute approximate surface area is 161 Å². The second-order valence-corrected chi connectivity index (χ2v) is 8.74. The quantitative estimate of drug-likeness (QED) is 0.386. The van der Waals surface area contributed by atoms with Crippen LogP contribution in [0.2, 0.25) is 0 Å². The fourth-order valence-corrected chi connectivity index (χ4v) is 5.00. The predicted molar refractivity (Wildman–Crippen MR) is 107 cm³/mol. The highest BCUT2D eigenvalue weighted by molar-refractivity contribution is 7.99. The highest BCUT2D eigenvalue weighted by atomic mass is 32.2. The van der Waals surface area contributed by atoms with E-state index in [0.29, 0.717) is 26.2 Å². The number of carbonyl (C=O) groups is 1. The summed E-state index contributed by atoms with van der Waals surface area (Å²) in [7, 11) is 0. The molecule has 0 saturated carbocycles. The molecule has 26 heavy (non-hydrogen) atoms. The number of fused-ring (bicyclic) bond motifs is 1. The van der Waals surface area contributed by atoms with Crippen LogP contribution in [0.5, 0.6) is 0 Å². The van der Waals surface area contributed by atoms with Crippen molar-refractivity contribution in [3.63, 3.8) is 0 Å². The molecule has 142 valence electrons. The Kier molecular flexibility index (Phi) is 6.24. The number of cyclic esters (lactones) is 1. The van der Waals surface area contributed by atoms with Crippen LogP contribution in [0.3, 0.4) is 0 Å². The van der Waals surface area contributed by atoms with E-state index in [1.54, 1.807) is 28.0 Å². The number of unbranched alkanes of at least 4 members (excludes halogenated alkanes) is 1. The van der Waals surface area contributed by atoms with E-state index < -0.39 is 0 Å². The van der Waals surface area contributed by atoms with Crippen molar-refractivity contribution in [1.29, 1.82) is 0 Å². The molecule has 3 rings (SSSR count). The predicted octanol–water partition coefficient (Wildman–Crippen LogP) is 3.81. The molecule has 0 radical (unpaired) electrons. The molecule has 0 atom stereocenters. The van der Waals surface area contributed by atoms with Gasteiger partial charge in [0.05, 0.1) is 11.9 Å². The number of ether oxygens (including phenoxy) is 1. The Morgan fingerprint density at radius 3 is 2.73 bits per heavy atom. The number of thiophene rings is 1. The summed E-state index contributed by atoms with van der Waals surface area (Å²) in [5, 5.41) is 1.56. The number of aromatic nitrogens is 2. The van der Waals surface area contributed by atoms with Gasteiger partial charge in [-0.3, -0.25) is 9.36 Å². The van der Waals surface area contributed by atoms with Crippen molar-refractivity contribution in [3.8, 4) is 0 Å². The molecule has 0 aromatic carbocycles. The molecular weight excluding hydrogens is 370 g/mol. The normalized spacial score (nSPS) is 14.4. The number of aryl methyl sites for hydroxylation is 2. The third-order valence-corrected chi connectivity index (χ3v) is 6.80. The second-order valence-electron chi connectivity index (χ2n) is 6.47. The van der Waals surface area contributed by atoms with Crippen LogP contribution < -0.4 is 5.56 Å². The summed E-state index contributed by atoms with van der Waals surface area (Å²) in [6.45, 7) is 8.71. The van der Waals surface area contributed by atoms with Crippen molar-refractivity contribution in [3.05, 3.63) is 20.8 Å². The minimum Gasteiger partial charge on any atom is -0.448 e. The third kappa shape index (κ3) is 3.91. The Morgan fingerprint density at radius 2 is 2.04 bits per heavy atom. The molecule has 2 aromatic heterocycles. The van der Waals surface area contributed by atoms with Crippen LogP contribution in [-0.2, 0) is 11.3 Å². The topological polar surface area (TPSA) is 64.4 Å². The average Bonchev–Trinajstić information content (AvgIpc) is 3.14. The van der Waals surface area contributed by atoms with Gasteiger partial charge in [0.2, 0.25) is 0 Å². The van der Waals surface area contributed by atoms with Gasteiger partial charge >= 0.3 is 6.09 Å². The zero-order valence-corrected chi connectivity index (χ0v) is 17.2. The summed E-state index contributed by atoms with van der Waals surface area (Å²) in [6, 6.07) is 0. The number of hydrogen-bond donors (Lipinski definition) is 0. The molecule has 8 heteroatoms. The van der Waals surface area contributed by atoms with Crippen LogP contribution in [0.1, 0.15) is 36.6 Å². The van der Waals surface area contributed by atoms with Crippen LogP contribution in [0, 0.1) is 13.8 Å². The first-order chi connectivity index (χ1) is 12.5. The van der Waals surface area contributed by atoms with Crippen LogP contribution in [0.25, 0.3) is 10.2 Å². The first-order valence-electron chi connectivity index (χ1n) is 9.08. The summed E-state index contributed by atoms with van der Waals surface area (Å²) >= 11 is 3.20. The van der Waals surface area contributed by atoms with E-state index in [-0.39, 0.29) is 11.7 Å². The van der Waals surface area contributed by atoms with Crippen molar-refractivity contribution in [2.75, 3.05) is 25.4 Å². The maximum Gasteiger partial charge on any atom is 0.409 e. The van der Waals surface area contributed by atoms with Crippen LogP contribution in [-0.4, -0.2) is 46.0 Å². The lowest BCUT2D eigenvalue weighted by atomic mass is 10.2. The lowest BCUT2D eigenvalue weighted by Gasteiger charge is -2.14. The molecule has 0 N–H and O–H groups in total. The molecular formula is C18H25N3O3S2. The van der Waals surface area contributed by atoms with Gasteiger partial charge in [-0.05, 0) is 32.3 Å². The molecule has 1 amide bonds. The van der Waals surface area contributed by atoms with Gasteiger partial charge in [0.25, 0.3) is 5.56 Å². The van der Waals surface area contributed by atoms with Gasteiger partial charge in [0.1, 0.15) is 11.4 Å². The number of thioether (sulfide) groups is 1. The first kappa shape index (κ1) is 19.2. The summed E-state index contributed by atoms with van der Waals surface area (Å²) in [6.07, 6.45) is 2.62. The van der Waals surface area contributed by atoms with E-state index in [1.807, 2.05) is 18.4 Å². The minimum absolute atomic E-state index is 0.0796. The average molecular weight is 396 g/mol. The van der Waals surface area contributed by atoms with Crippen LogP contribution in [0.15, 0.2) is 9.95 Å². The molecule has 1 fully saturated rings. The zero-order valence-electron chi connectivity index (χ0n) is 15.5. The van der Waals surface area contributed by atoms with Gasteiger partial charge in [-0.25, -0.2) is 9.78 Å². The number of carbonyl (C=O) groups excluding carboxylic acids is 1. The van der Waals surface area contributed by atoms with Crippen molar-refractivity contribution in [2.24, 2.45) is 0 Å². The van der Waals surface area contributed by atoms with Crippen LogP contribution >= 0.6 is 23.1 Å². The van der Waals surface area contributed by atoms with Crippen molar-refractivity contribution in [2.45, 2.75) is 51.7 Å². The largest absolute Gasteiger partial charge is 0.448 e. The highest BCUT2D eigenvalue weighted by Crippen LogP contribution is 2.28. The molecule has 1 aliphatic rings. The molecule has 0 aliphatic carbocycles. The van der Waals surface area contributed by atoms with Crippen molar-refractivity contribution >= 4 is 39.4 Å². The third-order valence-electron chi connectivity index (χ3n) is 4.64. The Morgan fingerprint density at radius 1 is 1.23 bits per heavy atom. The van der Waals surface area contributed by atoms with E-state index in [2.05, 4.69) is 6.92 Å². The monoisotopic (exact) mass is 395 g/mol. The molecule has 1 aliphatic heterocycles. The molecule has 2 aromatic rings. The van der Waals surface area contributed by atoms with E-state index in [4.69, 9.17) is 9.72 Å². The second kappa shape index (κ2) is 8.43. The molecule has 0 unspecified atom stereocenters. The summed E-state index contributed by atoms with van der Waals surface area (Å²) in [5.74, 6) is 0.817. The van der Waals surface area contributed by atoms with Gasteiger partial charge in [-0.15, -0.1) is 11.3 Å². The van der Waals surface area contributed by atoms with Crippen molar-refractivity contribution in [1.82, 2.24) is 14.5 Å². The van der Waals surface area contributed by atoms with E-state index >= 15 is 0 Å². The van der Waals surface area contributed by atoms with E-state index in [1.165, 1.54) is 0 Å². The lowest BCUT2D eigenvalue weighted by Crippen LogP contribution is -2.26. The molecule has 1 saturated heterocycles. The van der Waals surface area contributed by atoms with Gasteiger partial charge in [-0.2, -0.15) is 0 Å². The Balaban J connectivity index is 1.77. The number of hydrogen-bond acceptors (Lipinski definition) is 6. The van der Waals surface area contributed by atoms with Gasteiger partial charge in [0.15, 0.2) is 5.16 Å². The van der Waals surface area contributed by atoms with Crippen molar-refractivity contribution < 1.29 is 9.53 Å². The number of nitrogens with zero attached hydrogens (tertiary/aromatic N) is 3. The molecule has 3 heterocycles. The lowest BCUT2D eigenvalue weighted by molar-refractivity contribution is 0.158. The van der Waals surface area contributed by atoms with Crippen LogP contribution in [0.4, 0.5) is 4.79 Å². The number of amides is 1. The SMILES string of the molecule is CCCCn1c(SCCCN2CCOC2=O)nc2sc(C)c(C)c2c1=O. The summed E-state index contributed by atoms with van der Waals surface area (Å²) < 4.78 is 6.78. The fourth-order valence-electron chi connectivity index (χ4n) is 2.98.